The summed E-state index contributed by atoms with van der Waals surface area (Å²) in [6, 6.07) is 1.78. The van der Waals surface area contributed by atoms with Crippen LogP contribution in [0.4, 0.5) is 0 Å². The number of ether oxygens (including phenoxy) is 1. The maximum Gasteiger partial charge on any atom is 0.285 e. The Bertz CT molecular complexity index is 839. The molecule has 0 radical (unpaired) electrons. The fraction of sp³-hybridized carbons (Fsp3) is 0.632. The van der Waals surface area contributed by atoms with E-state index in [1.165, 1.54) is 10.7 Å². The number of nitrogens with zero attached hydrogens (tertiary/aromatic N) is 3. The van der Waals surface area contributed by atoms with Crippen molar-refractivity contribution < 1.29 is 9.53 Å². The number of nitrogens with one attached hydrogen (secondary N) is 1. The molecule has 0 unspecified atom stereocenters. The topological polar surface area (TPSA) is 79.7 Å². The molecular weight excluding hydrogens is 332 g/mol. The minimum atomic E-state index is -0.356. The second kappa shape index (κ2) is 7.61. The summed E-state index contributed by atoms with van der Waals surface area (Å²) < 4.78 is 7.50. The summed E-state index contributed by atoms with van der Waals surface area (Å²) in [5.41, 5.74) is 1.09. The lowest BCUT2D eigenvalue weighted by Gasteiger charge is -2.39. The van der Waals surface area contributed by atoms with Crippen molar-refractivity contribution in [2.75, 3.05) is 13.1 Å². The number of amides is 1. The SMILES string of the molecule is CCCC[C@@H]1CN(C(=O)c2cnc3cc(C)[nH]n3c2=O)C[C@H](C(C)C)O1. The zero-order valence-electron chi connectivity index (χ0n) is 16.0. The Labute approximate surface area is 153 Å². The predicted molar refractivity (Wildman–Crippen MR) is 99.5 cm³/mol. The van der Waals surface area contributed by atoms with Crippen LogP contribution >= 0.6 is 0 Å². The molecule has 2 aromatic rings. The van der Waals surface area contributed by atoms with Gasteiger partial charge in [0.05, 0.1) is 12.2 Å². The number of aromatic nitrogens is 3. The lowest BCUT2D eigenvalue weighted by Crippen LogP contribution is -2.52. The number of aryl methyl sites for hydroxylation is 1. The fourth-order valence-electron chi connectivity index (χ4n) is 3.39. The predicted octanol–water partition coefficient (Wildman–Crippen LogP) is 2.39. The molecule has 0 aliphatic carbocycles. The van der Waals surface area contributed by atoms with Crippen LogP contribution in [-0.4, -0.2) is 50.7 Å². The van der Waals surface area contributed by atoms with E-state index in [-0.39, 0.29) is 29.2 Å². The summed E-state index contributed by atoms with van der Waals surface area (Å²) in [6.45, 7) is 9.22. The summed E-state index contributed by atoms with van der Waals surface area (Å²) in [5.74, 6) is 0.0436. The van der Waals surface area contributed by atoms with Crippen LogP contribution in [0.25, 0.3) is 5.65 Å². The first-order valence-corrected chi connectivity index (χ1v) is 9.42. The normalized spacial score (nSPS) is 20.9. The average Bonchev–Trinajstić information content (AvgIpc) is 3.01. The van der Waals surface area contributed by atoms with Gasteiger partial charge in [-0.3, -0.25) is 14.7 Å². The van der Waals surface area contributed by atoms with E-state index in [2.05, 4.69) is 30.9 Å². The molecule has 7 nitrogen and oxygen atoms in total. The van der Waals surface area contributed by atoms with Crippen molar-refractivity contribution in [3.8, 4) is 0 Å². The minimum Gasteiger partial charge on any atom is -0.371 e. The molecule has 1 aliphatic heterocycles. The van der Waals surface area contributed by atoms with Gasteiger partial charge in [0.1, 0.15) is 5.56 Å². The van der Waals surface area contributed by atoms with Gasteiger partial charge in [0.15, 0.2) is 5.65 Å². The number of carbonyl (C=O) groups excluding carboxylic acids is 1. The van der Waals surface area contributed by atoms with E-state index >= 15 is 0 Å². The Balaban J connectivity index is 1.87. The first-order chi connectivity index (χ1) is 12.4. The zero-order chi connectivity index (χ0) is 18.8. The number of hydrogen-bond donors (Lipinski definition) is 1. The molecule has 3 heterocycles. The van der Waals surface area contributed by atoms with Crippen LogP contribution in [0.15, 0.2) is 17.1 Å². The maximum atomic E-state index is 13.1. The van der Waals surface area contributed by atoms with Gasteiger partial charge in [-0.2, -0.15) is 0 Å². The van der Waals surface area contributed by atoms with E-state index in [1.54, 1.807) is 11.0 Å². The van der Waals surface area contributed by atoms with Crippen molar-refractivity contribution in [3.63, 3.8) is 0 Å². The van der Waals surface area contributed by atoms with E-state index in [0.717, 1.165) is 25.0 Å². The molecule has 7 heteroatoms. The second-order valence-corrected chi connectivity index (χ2v) is 7.50. The van der Waals surface area contributed by atoms with Gasteiger partial charge >= 0.3 is 0 Å². The van der Waals surface area contributed by atoms with Crippen molar-refractivity contribution in [1.29, 1.82) is 0 Å². The Morgan fingerprint density at radius 1 is 1.42 bits per heavy atom. The number of H-pyrrole nitrogens is 1. The van der Waals surface area contributed by atoms with Crippen LogP contribution in [0.2, 0.25) is 0 Å². The molecule has 1 saturated heterocycles. The molecule has 2 aromatic heterocycles. The third-order valence-corrected chi connectivity index (χ3v) is 4.95. The molecule has 1 fully saturated rings. The van der Waals surface area contributed by atoms with Gasteiger partial charge < -0.3 is 9.64 Å². The summed E-state index contributed by atoms with van der Waals surface area (Å²) in [4.78, 5) is 31.8. The number of hydrogen-bond acceptors (Lipinski definition) is 4. The first-order valence-electron chi connectivity index (χ1n) is 9.42. The lowest BCUT2D eigenvalue weighted by molar-refractivity contribution is -0.0963. The van der Waals surface area contributed by atoms with Crippen LogP contribution in [0.5, 0.6) is 0 Å². The number of unbranched alkanes of at least 4 members (excludes halogenated alkanes) is 1. The van der Waals surface area contributed by atoms with Gasteiger partial charge in [-0.15, -0.1) is 0 Å². The third kappa shape index (κ3) is 3.67. The third-order valence-electron chi connectivity index (χ3n) is 4.95. The Kier molecular flexibility index (Phi) is 5.46. The van der Waals surface area contributed by atoms with Gasteiger partial charge in [0.2, 0.25) is 0 Å². The molecule has 1 aliphatic rings. The molecule has 142 valence electrons. The van der Waals surface area contributed by atoms with E-state index in [0.29, 0.717) is 24.7 Å². The molecule has 3 rings (SSSR count). The van der Waals surface area contributed by atoms with Crippen LogP contribution in [0.3, 0.4) is 0 Å². The highest BCUT2D eigenvalue weighted by Crippen LogP contribution is 2.22. The Morgan fingerprint density at radius 2 is 2.19 bits per heavy atom. The minimum absolute atomic E-state index is 0.0123. The zero-order valence-corrected chi connectivity index (χ0v) is 16.0. The van der Waals surface area contributed by atoms with Crippen molar-refractivity contribution in [3.05, 3.63) is 33.9 Å². The highest BCUT2D eigenvalue weighted by molar-refractivity contribution is 5.93. The molecule has 0 saturated carbocycles. The highest BCUT2D eigenvalue weighted by Gasteiger charge is 2.33. The summed E-state index contributed by atoms with van der Waals surface area (Å²) in [6.07, 6.45) is 4.49. The molecular formula is C19H28N4O3. The second-order valence-electron chi connectivity index (χ2n) is 7.50. The number of fused-ring (bicyclic) bond motifs is 1. The van der Waals surface area contributed by atoms with E-state index in [9.17, 15) is 9.59 Å². The van der Waals surface area contributed by atoms with Gasteiger partial charge in [0.25, 0.3) is 11.5 Å². The van der Waals surface area contributed by atoms with Crippen LogP contribution in [0.1, 0.15) is 56.1 Å². The molecule has 0 spiro atoms. The maximum absolute atomic E-state index is 13.1. The van der Waals surface area contributed by atoms with Gasteiger partial charge in [0, 0.05) is 31.0 Å². The fourth-order valence-corrected chi connectivity index (χ4v) is 3.39. The molecule has 1 N–H and O–H groups in total. The molecule has 1 amide bonds. The number of morpholine rings is 1. The monoisotopic (exact) mass is 360 g/mol. The standard InChI is InChI=1S/C19H28N4O3/c1-5-6-7-14-10-22(11-16(26-14)12(2)3)18(24)15-9-20-17-8-13(4)21-23(17)19(15)25/h8-9,12,14,16,21H,5-7,10-11H2,1-4H3/t14-,16-/m1/s1. The number of aromatic amines is 1. The Hall–Kier alpha value is -2.15. The highest BCUT2D eigenvalue weighted by atomic mass is 16.5. The molecule has 0 bridgehead atoms. The Morgan fingerprint density at radius 3 is 2.88 bits per heavy atom. The quantitative estimate of drug-likeness (QED) is 0.888. The largest absolute Gasteiger partial charge is 0.371 e. The number of rotatable bonds is 5. The van der Waals surface area contributed by atoms with Crippen molar-refractivity contribution >= 4 is 11.6 Å². The smallest absolute Gasteiger partial charge is 0.285 e. The van der Waals surface area contributed by atoms with E-state index in [1.807, 2.05) is 6.92 Å². The van der Waals surface area contributed by atoms with Crippen molar-refractivity contribution in [2.24, 2.45) is 5.92 Å². The summed E-state index contributed by atoms with van der Waals surface area (Å²) in [5, 5.41) is 2.93. The molecule has 2 atom stereocenters. The molecule has 26 heavy (non-hydrogen) atoms. The van der Waals surface area contributed by atoms with Gasteiger partial charge in [-0.25, -0.2) is 9.50 Å². The lowest BCUT2D eigenvalue weighted by atomic mass is 10.0. The summed E-state index contributed by atoms with van der Waals surface area (Å²) in [7, 11) is 0. The van der Waals surface area contributed by atoms with Crippen molar-refractivity contribution in [1.82, 2.24) is 19.5 Å². The van der Waals surface area contributed by atoms with Crippen LogP contribution < -0.4 is 5.56 Å². The molecule has 0 aromatic carbocycles. The van der Waals surface area contributed by atoms with Gasteiger partial charge in [-0.1, -0.05) is 33.6 Å². The van der Waals surface area contributed by atoms with Crippen LogP contribution in [-0.2, 0) is 4.74 Å². The first kappa shape index (κ1) is 18.6. The van der Waals surface area contributed by atoms with Gasteiger partial charge in [-0.05, 0) is 19.3 Å². The van der Waals surface area contributed by atoms with Crippen LogP contribution in [0, 0.1) is 12.8 Å². The number of carbonyl (C=O) groups is 1. The van der Waals surface area contributed by atoms with E-state index < -0.39 is 0 Å². The average molecular weight is 360 g/mol. The summed E-state index contributed by atoms with van der Waals surface area (Å²) >= 11 is 0. The van der Waals surface area contributed by atoms with E-state index in [4.69, 9.17) is 4.74 Å². The van der Waals surface area contributed by atoms with Crippen molar-refractivity contribution in [2.45, 2.75) is 59.2 Å².